The molecule has 0 aromatic heterocycles. The quantitative estimate of drug-likeness (QED) is 0.856. The van der Waals surface area contributed by atoms with Crippen LogP contribution in [0.1, 0.15) is 24.8 Å². The average Bonchev–Trinajstić information content (AvgIpc) is 2.93. The molecule has 110 valence electrons. The number of benzene rings is 1. The first-order valence-corrected chi connectivity index (χ1v) is 7.07. The van der Waals surface area contributed by atoms with Gasteiger partial charge in [0.05, 0.1) is 12.3 Å². The van der Waals surface area contributed by atoms with Gasteiger partial charge in [-0.2, -0.15) is 5.10 Å². The van der Waals surface area contributed by atoms with Gasteiger partial charge in [-0.05, 0) is 24.1 Å². The van der Waals surface area contributed by atoms with Gasteiger partial charge in [-0.15, -0.1) is 0 Å². The summed E-state index contributed by atoms with van der Waals surface area (Å²) in [7, 11) is 0. The highest BCUT2D eigenvalue weighted by atomic mass is 16.3. The molecular weight excluding hydrogens is 270 g/mol. The number of anilines is 1. The fourth-order valence-corrected chi connectivity index (χ4v) is 2.76. The zero-order chi connectivity index (χ0) is 14.8. The Kier molecular flexibility index (Phi) is 3.70. The molecule has 2 aliphatic heterocycles. The monoisotopic (exact) mass is 287 g/mol. The second-order valence-electron chi connectivity index (χ2n) is 5.31. The Balaban J connectivity index is 1.83. The van der Waals surface area contributed by atoms with Gasteiger partial charge >= 0.3 is 0 Å². The van der Waals surface area contributed by atoms with Crippen molar-refractivity contribution in [3.8, 4) is 0 Å². The van der Waals surface area contributed by atoms with E-state index in [1.54, 1.807) is 4.90 Å². The highest BCUT2D eigenvalue weighted by Gasteiger charge is 2.26. The molecule has 6 heteroatoms. The van der Waals surface area contributed by atoms with E-state index in [1.165, 1.54) is 0 Å². The minimum absolute atomic E-state index is 0.112. The van der Waals surface area contributed by atoms with E-state index in [9.17, 15) is 14.7 Å². The SMILES string of the molecule is O=C1CC(CO)C(c2ccc(N3CCCC3=O)cc2)=NN1. The summed E-state index contributed by atoms with van der Waals surface area (Å²) in [6.07, 6.45) is 1.74. The van der Waals surface area contributed by atoms with E-state index in [0.29, 0.717) is 12.1 Å². The van der Waals surface area contributed by atoms with Crippen molar-refractivity contribution >= 4 is 23.2 Å². The van der Waals surface area contributed by atoms with Crippen LogP contribution in [0.3, 0.4) is 0 Å². The number of carbonyl (C=O) groups is 2. The number of hydrogen-bond acceptors (Lipinski definition) is 4. The van der Waals surface area contributed by atoms with Crippen molar-refractivity contribution in [3.63, 3.8) is 0 Å². The Hall–Kier alpha value is -2.21. The molecule has 21 heavy (non-hydrogen) atoms. The van der Waals surface area contributed by atoms with Crippen molar-refractivity contribution in [2.75, 3.05) is 18.1 Å². The normalized spacial score (nSPS) is 22.2. The molecule has 6 nitrogen and oxygen atoms in total. The van der Waals surface area contributed by atoms with Crippen LogP contribution in [-0.4, -0.2) is 35.8 Å². The number of nitrogens with zero attached hydrogens (tertiary/aromatic N) is 2. The zero-order valence-electron chi connectivity index (χ0n) is 11.6. The fourth-order valence-electron chi connectivity index (χ4n) is 2.76. The second-order valence-corrected chi connectivity index (χ2v) is 5.31. The van der Waals surface area contributed by atoms with Crippen molar-refractivity contribution in [1.82, 2.24) is 5.43 Å². The molecule has 1 aromatic carbocycles. The van der Waals surface area contributed by atoms with Gasteiger partial charge in [-0.25, -0.2) is 5.43 Å². The van der Waals surface area contributed by atoms with Crippen LogP contribution in [0, 0.1) is 5.92 Å². The number of nitrogens with one attached hydrogen (secondary N) is 1. The lowest BCUT2D eigenvalue weighted by Gasteiger charge is -2.22. The number of aliphatic hydroxyl groups is 1. The largest absolute Gasteiger partial charge is 0.396 e. The summed E-state index contributed by atoms with van der Waals surface area (Å²) in [5.41, 5.74) is 4.85. The van der Waals surface area contributed by atoms with Gasteiger partial charge in [0, 0.05) is 31.0 Å². The first-order valence-electron chi connectivity index (χ1n) is 7.07. The van der Waals surface area contributed by atoms with Crippen molar-refractivity contribution in [3.05, 3.63) is 29.8 Å². The van der Waals surface area contributed by atoms with Gasteiger partial charge < -0.3 is 10.0 Å². The maximum atomic E-state index is 11.7. The number of hydrogen-bond donors (Lipinski definition) is 2. The Morgan fingerprint density at radius 3 is 2.67 bits per heavy atom. The first-order chi connectivity index (χ1) is 10.2. The summed E-state index contributed by atoms with van der Waals surface area (Å²) in [5, 5.41) is 13.4. The number of hydrazone groups is 1. The summed E-state index contributed by atoms with van der Waals surface area (Å²) in [6, 6.07) is 7.51. The molecule has 0 aliphatic carbocycles. The van der Waals surface area contributed by atoms with Crippen LogP contribution in [0.15, 0.2) is 29.4 Å². The van der Waals surface area contributed by atoms with Crippen LogP contribution in [0.25, 0.3) is 0 Å². The molecule has 2 N–H and O–H groups in total. The molecule has 1 unspecified atom stereocenters. The maximum absolute atomic E-state index is 11.7. The van der Waals surface area contributed by atoms with E-state index < -0.39 is 0 Å². The van der Waals surface area contributed by atoms with Gasteiger partial charge in [-0.3, -0.25) is 9.59 Å². The third kappa shape index (κ3) is 2.67. The number of rotatable bonds is 3. The molecule has 1 atom stereocenters. The molecule has 1 saturated heterocycles. The van der Waals surface area contributed by atoms with E-state index in [0.717, 1.165) is 24.2 Å². The minimum atomic E-state index is -0.280. The van der Waals surface area contributed by atoms with Gasteiger partial charge in [0.1, 0.15) is 0 Å². The molecular formula is C15H17N3O3. The van der Waals surface area contributed by atoms with Crippen LogP contribution in [0.2, 0.25) is 0 Å². The van der Waals surface area contributed by atoms with E-state index in [1.807, 2.05) is 24.3 Å². The lowest BCUT2D eigenvalue weighted by atomic mass is 9.93. The van der Waals surface area contributed by atoms with Crippen LogP contribution >= 0.6 is 0 Å². The zero-order valence-corrected chi connectivity index (χ0v) is 11.6. The summed E-state index contributed by atoms with van der Waals surface area (Å²) in [5.74, 6) is -0.312. The summed E-state index contributed by atoms with van der Waals surface area (Å²) in [6.45, 7) is 0.646. The summed E-state index contributed by atoms with van der Waals surface area (Å²) < 4.78 is 0. The Labute approximate surface area is 122 Å². The van der Waals surface area contributed by atoms with Gasteiger partial charge in [-0.1, -0.05) is 12.1 Å². The number of amides is 2. The van der Waals surface area contributed by atoms with Crippen molar-refractivity contribution in [2.24, 2.45) is 11.0 Å². The third-order valence-electron chi connectivity index (χ3n) is 3.89. The predicted molar refractivity (Wildman–Crippen MR) is 77.9 cm³/mol. The van der Waals surface area contributed by atoms with Crippen LogP contribution in [-0.2, 0) is 9.59 Å². The molecule has 2 heterocycles. The van der Waals surface area contributed by atoms with Crippen LogP contribution in [0.5, 0.6) is 0 Å². The first kappa shape index (κ1) is 13.8. The van der Waals surface area contributed by atoms with E-state index in [2.05, 4.69) is 10.5 Å². The Bertz CT molecular complexity index is 595. The van der Waals surface area contributed by atoms with Gasteiger partial charge in [0.2, 0.25) is 11.8 Å². The summed E-state index contributed by atoms with van der Waals surface area (Å²) in [4.78, 5) is 24.8. The van der Waals surface area contributed by atoms with Crippen molar-refractivity contribution < 1.29 is 14.7 Å². The Morgan fingerprint density at radius 2 is 2.05 bits per heavy atom. The number of aliphatic hydroxyl groups excluding tert-OH is 1. The highest BCUT2D eigenvalue weighted by molar-refractivity contribution is 6.06. The molecule has 0 saturated carbocycles. The standard InChI is InChI=1S/C15H17N3O3/c19-9-11-8-13(20)16-17-15(11)10-3-5-12(6-4-10)18-7-1-2-14(18)21/h3-6,11,19H,1-2,7-9H2,(H,16,20). The lowest BCUT2D eigenvalue weighted by Crippen LogP contribution is -2.35. The van der Waals surface area contributed by atoms with Crippen LogP contribution < -0.4 is 10.3 Å². The van der Waals surface area contributed by atoms with E-state index in [4.69, 9.17) is 0 Å². The maximum Gasteiger partial charge on any atom is 0.240 e. The van der Waals surface area contributed by atoms with Crippen molar-refractivity contribution in [2.45, 2.75) is 19.3 Å². The number of carbonyl (C=O) groups excluding carboxylic acids is 2. The lowest BCUT2D eigenvalue weighted by molar-refractivity contribution is -0.122. The summed E-state index contributed by atoms with van der Waals surface area (Å²) >= 11 is 0. The Morgan fingerprint density at radius 1 is 1.29 bits per heavy atom. The second kappa shape index (κ2) is 5.65. The minimum Gasteiger partial charge on any atom is -0.396 e. The smallest absolute Gasteiger partial charge is 0.240 e. The van der Waals surface area contributed by atoms with Gasteiger partial charge in [0.25, 0.3) is 0 Å². The van der Waals surface area contributed by atoms with Crippen molar-refractivity contribution in [1.29, 1.82) is 0 Å². The molecule has 0 bridgehead atoms. The molecule has 2 amide bonds. The molecule has 0 spiro atoms. The van der Waals surface area contributed by atoms with Crippen LogP contribution in [0.4, 0.5) is 5.69 Å². The molecule has 0 radical (unpaired) electrons. The predicted octanol–water partition coefficient (Wildman–Crippen LogP) is 0.646. The highest BCUT2D eigenvalue weighted by Crippen LogP contribution is 2.23. The van der Waals surface area contributed by atoms with Gasteiger partial charge in [0.15, 0.2) is 0 Å². The molecule has 1 aromatic rings. The molecule has 3 rings (SSSR count). The molecule has 1 fully saturated rings. The topological polar surface area (TPSA) is 82.0 Å². The average molecular weight is 287 g/mol. The van der Waals surface area contributed by atoms with E-state index >= 15 is 0 Å². The van der Waals surface area contributed by atoms with E-state index in [-0.39, 0.29) is 30.8 Å². The fraction of sp³-hybridized carbons (Fsp3) is 0.400. The third-order valence-corrected chi connectivity index (χ3v) is 3.89. The molecule has 2 aliphatic rings.